The Hall–Kier alpha value is -1.63. The molecule has 1 aromatic heterocycles. The lowest BCUT2D eigenvalue weighted by atomic mass is 9.81. The zero-order chi connectivity index (χ0) is 18.4. The van der Waals surface area contributed by atoms with E-state index in [1.165, 1.54) is 5.56 Å². The number of ether oxygens (including phenoxy) is 1. The van der Waals surface area contributed by atoms with Gasteiger partial charge in [0.25, 0.3) is 0 Å². The Kier molecular flexibility index (Phi) is 4.45. The Morgan fingerprint density at radius 3 is 2.42 bits per heavy atom. The molecular formula is C20H27BN2O3. The second-order valence-electron chi connectivity index (χ2n) is 8.39. The SMILES string of the molecule is CC1(C)OB(c2cnn([C@H]3C[C@@H](OCc4ccccc4)C3)c2)OC1(C)C. The zero-order valence-corrected chi connectivity index (χ0v) is 16.0. The van der Waals surface area contributed by atoms with Crippen molar-refractivity contribution in [3.63, 3.8) is 0 Å². The van der Waals surface area contributed by atoms with Crippen molar-refractivity contribution in [1.29, 1.82) is 0 Å². The minimum Gasteiger partial charge on any atom is -0.399 e. The molecule has 0 bridgehead atoms. The van der Waals surface area contributed by atoms with Crippen LogP contribution >= 0.6 is 0 Å². The molecule has 2 aromatic rings. The lowest BCUT2D eigenvalue weighted by Crippen LogP contribution is -2.41. The first kappa shape index (κ1) is 17.8. The highest BCUT2D eigenvalue weighted by molar-refractivity contribution is 6.62. The predicted octanol–water partition coefficient (Wildman–Crippen LogP) is 3.10. The van der Waals surface area contributed by atoms with E-state index in [9.17, 15) is 0 Å². The quantitative estimate of drug-likeness (QED) is 0.774. The standard InChI is InChI=1S/C20H27BN2O3/c1-19(2)20(3,4)26-21(25-19)16-12-22-23(13-16)17-10-18(11-17)24-14-15-8-6-5-7-9-15/h5-9,12-13,17-18H,10-11,14H2,1-4H3/t17-,18+. The predicted molar refractivity (Wildman–Crippen MR) is 101 cm³/mol. The molecule has 1 saturated carbocycles. The van der Waals surface area contributed by atoms with Crippen LogP contribution in [0.2, 0.25) is 0 Å². The van der Waals surface area contributed by atoms with Crippen molar-refractivity contribution in [2.24, 2.45) is 0 Å². The van der Waals surface area contributed by atoms with Crippen LogP contribution in [0, 0.1) is 0 Å². The lowest BCUT2D eigenvalue weighted by Gasteiger charge is -2.35. The Morgan fingerprint density at radius 2 is 1.77 bits per heavy atom. The van der Waals surface area contributed by atoms with Crippen LogP contribution in [0.3, 0.4) is 0 Å². The Balaban J connectivity index is 1.30. The van der Waals surface area contributed by atoms with Gasteiger partial charge in [0, 0.05) is 17.9 Å². The number of benzene rings is 1. The number of hydrogen-bond donors (Lipinski definition) is 0. The number of rotatable bonds is 5. The fourth-order valence-electron chi connectivity index (χ4n) is 3.33. The summed E-state index contributed by atoms with van der Waals surface area (Å²) in [6.45, 7) is 8.95. The maximum Gasteiger partial charge on any atom is 0.498 e. The van der Waals surface area contributed by atoms with E-state index in [4.69, 9.17) is 14.0 Å². The first-order valence-corrected chi connectivity index (χ1v) is 9.39. The van der Waals surface area contributed by atoms with E-state index in [1.54, 1.807) is 0 Å². The summed E-state index contributed by atoms with van der Waals surface area (Å²) in [5.74, 6) is 0. The van der Waals surface area contributed by atoms with Crippen molar-refractivity contribution < 1.29 is 14.0 Å². The molecule has 138 valence electrons. The van der Waals surface area contributed by atoms with Gasteiger partial charge >= 0.3 is 7.12 Å². The molecule has 1 aromatic carbocycles. The van der Waals surface area contributed by atoms with E-state index in [0.29, 0.717) is 18.8 Å². The highest BCUT2D eigenvalue weighted by Crippen LogP contribution is 2.37. The second-order valence-corrected chi connectivity index (χ2v) is 8.39. The largest absolute Gasteiger partial charge is 0.498 e. The van der Waals surface area contributed by atoms with Gasteiger partial charge in [-0.2, -0.15) is 5.10 Å². The average Bonchev–Trinajstić information content (AvgIpc) is 3.10. The van der Waals surface area contributed by atoms with E-state index in [2.05, 4.69) is 51.1 Å². The van der Waals surface area contributed by atoms with Crippen LogP contribution < -0.4 is 5.46 Å². The molecule has 6 heteroatoms. The van der Waals surface area contributed by atoms with E-state index in [1.807, 2.05) is 29.1 Å². The van der Waals surface area contributed by atoms with Gasteiger partial charge < -0.3 is 14.0 Å². The molecule has 26 heavy (non-hydrogen) atoms. The first-order chi connectivity index (χ1) is 12.3. The Labute approximate surface area is 155 Å². The van der Waals surface area contributed by atoms with Gasteiger partial charge in [-0.3, -0.25) is 4.68 Å². The molecule has 0 N–H and O–H groups in total. The van der Waals surface area contributed by atoms with Gasteiger partial charge in [0.2, 0.25) is 0 Å². The molecule has 1 aliphatic heterocycles. The van der Waals surface area contributed by atoms with Gasteiger partial charge in [-0.15, -0.1) is 0 Å². The summed E-state index contributed by atoms with van der Waals surface area (Å²) in [4.78, 5) is 0. The number of aromatic nitrogens is 2. The third-order valence-electron chi connectivity index (χ3n) is 5.92. The maximum atomic E-state index is 6.10. The van der Waals surface area contributed by atoms with Crippen molar-refractivity contribution in [1.82, 2.24) is 9.78 Å². The van der Waals surface area contributed by atoms with Gasteiger partial charge in [0.05, 0.1) is 30.0 Å². The van der Waals surface area contributed by atoms with Crippen LogP contribution in [0.5, 0.6) is 0 Å². The van der Waals surface area contributed by atoms with Gasteiger partial charge in [-0.25, -0.2) is 0 Å². The fourth-order valence-corrected chi connectivity index (χ4v) is 3.33. The molecule has 2 heterocycles. The molecule has 0 atom stereocenters. The minimum atomic E-state index is -0.348. The molecule has 0 unspecified atom stereocenters. The van der Waals surface area contributed by atoms with Crippen molar-refractivity contribution >= 4 is 12.6 Å². The number of nitrogens with zero attached hydrogens (tertiary/aromatic N) is 2. The second kappa shape index (κ2) is 6.52. The lowest BCUT2D eigenvalue weighted by molar-refractivity contribution is -0.0383. The summed E-state index contributed by atoms with van der Waals surface area (Å²) in [7, 11) is -0.348. The van der Waals surface area contributed by atoms with Crippen LogP contribution in [-0.2, 0) is 20.7 Å². The molecule has 5 nitrogen and oxygen atoms in total. The normalized spacial score (nSPS) is 26.7. The third-order valence-corrected chi connectivity index (χ3v) is 5.92. The molecule has 2 aliphatic rings. The molecular weight excluding hydrogens is 327 g/mol. The van der Waals surface area contributed by atoms with Crippen molar-refractivity contribution in [3.05, 3.63) is 48.3 Å². The van der Waals surface area contributed by atoms with E-state index >= 15 is 0 Å². The maximum absolute atomic E-state index is 6.10. The van der Waals surface area contributed by atoms with Gasteiger partial charge in [0.1, 0.15) is 0 Å². The topological polar surface area (TPSA) is 45.5 Å². The van der Waals surface area contributed by atoms with Gasteiger partial charge in [0.15, 0.2) is 0 Å². The first-order valence-electron chi connectivity index (χ1n) is 9.39. The summed E-state index contributed by atoms with van der Waals surface area (Å²) >= 11 is 0. The van der Waals surface area contributed by atoms with E-state index < -0.39 is 0 Å². The van der Waals surface area contributed by atoms with Crippen LogP contribution in [0.4, 0.5) is 0 Å². The summed E-state index contributed by atoms with van der Waals surface area (Å²) in [6, 6.07) is 10.7. The number of hydrogen-bond acceptors (Lipinski definition) is 4. The van der Waals surface area contributed by atoms with Crippen LogP contribution in [0.25, 0.3) is 0 Å². The summed E-state index contributed by atoms with van der Waals surface area (Å²) < 4.78 is 20.2. The van der Waals surface area contributed by atoms with Crippen molar-refractivity contribution in [2.45, 2.75) is 70.5 Å². The van der Waals surface area contributed by atoms with Gasteiger partial charge in [-0.05, 0) is 46.1 Å². The van der Waals surface area contributed by atoms with Crippen molar-refractivity contribution in [3.8, 4) is 0 Å². The molecule has 4 rings (SSSR count). The summed E-state index contributed by atoms with van der Waals surface area (Å²) in [6.07, 6.45) is 6.22. The molecule has 1 aliphatic carbocycles. The summed E-state index contributed by atoms with van der Waals surface area (Å²) in [5.41, 5.74) is 1.55. The molecule has 0 spiro atoms. The summed E-state index contributed by atoms with van der Waals surface area (Å²) in [5, 5.41) is 4.53. The zero-order valence-electron chi connectivity index (χ0n) is 16.0. The van der Waals surface area contributed by atoms with Crippen molar-refractivity contribution in [2.75, 3.05) is 0 Å². The third kappa shape index (κ3) is 3.33. The molecule has 1 saturated heterocycles. The highest BCUT2D eigenvalue weighted by Gasteiger charge is 2.52. The highest BCUT2D eigenvalue weighted by atomic mass is 16.7. The van der Waals surface area contributed by atoms with E-state index in [-0.39, 0.29) is 18.3 Å². The monoisotopic (exact) mass is 354 g/mol. The molecule has 2 fully saturated rings. The smallest absolute Gasteiger partial charge is 0.399 e. The average molecular weight is 354 g/mol. The molecule has 0 amide bonds. The molecule has 0 radical (unpaired) electrons. The van der Waals surface area contributed by atoms with E-state index in [0.717, 1.165) is 18.3 Å². The fraction of sp³-hybridized carbons (Fsp3) is 0.550. The van der Waals surface area contributed by atoms with Crippen LogP contribution in [0.1, 0.15) is 52.1 Å². The van der Waals surface area contributed by atoms with Crippen LogP contribution in [0.15, 0.2) is 42.7 Å². The minimum absolute atomic E-state index is 0.310. The van der Waals surface area contributed by atoms with Crippen LogP contribution in [-0.4, -0.2) is 34.2 Å². The Bertz CT molecular complexity index is 737. The Morgan fingerprint density at radius 1 is 1.12 bits per heavy atom. The van der Waals surface area contributed by atoms with Gasteiger partial charge in [-0.1, -0.05) is 30.3 Å².